The molecule has 0 radical (unpaired) electrons. The summed E-state index contributed by atoms with van der Waals surface area (Å²) < 4.78 is 16.5. The molecule has 0 saturated carbocycles. The summed E-state index contributed by atoms with van der Waals surface area (Å²) in [6.07, 6.45) is 4.25. The van der Waals surface area contributed by atoms with Crippen LogP contribution in [0.25, 0.3) is 0 Å². The van der Waals surface area contributed by atoms with Gasteiger partial charge in [0.05, 0.1) is 0 Å². The van der Waals surface area contributed by atoms with Gasteiger partial charge < -0.3 is 13.3 Å². The first-order chi connectivity index (χ1) is 6.74. The molecule has 0 aromatic rings. The van der Waals surface area contributed by atoms with Crippen LogP contribution in [0.1, 0.15) is 33.6 Å². The summed E-state index contributed by atoms with van der Waals surface area (Å²) in [6, 6.07) is 0. The van der Waals surface area contributed by atoms with E-state index in [1.807, 2.05) is 19.5 Å². The van der Waals surface area contributed by atoms with Crippen molar-refractivity contribution in [2.75, 3.05) is 20.3 Å². The lowest BCUT2D eigenvalue weighted by atomic mass is 10.3. The molecule has 0 unspecified atom stereocenters. The summed E-state index contributed by atoms with van der Waals surface area (Å²) >= 11 is 0. The molecule has 4 heteroatoms. The monoisotopic (exact) mass is 218 g/mol. The second-order valence-electron chi connectivity index (χ2n) is 2.86. The van der Waals surface area contributed by atoms with E-state index in [0.717, 1.165) is 12.8 Å². The van der Waals surface area contributed by atoms with Crippen LogP contribution < -0.4 is 0 Å². The molecule has 0 aliphatic carbocycles. The first-order valence-electron chi connectivity index (χ1n) is 5.25. The van der Waals surface area contributed by atoms with Gasteiger partial charge in [0.25, 0.3) is 0 Å². The molecule has 0 fully saturated rings. The van der Waals surface area contributed by atoms with Crippen molar-refractivity contribution < 1.29 is 13.3 Å². The van der Waals surface area contributed by atoms with Crippen LogP contribution in [0.15, 0.2) is 11.8 Å². The summed E-state index contributed by atoms with van der Waals surface area (Å²) in [6.45, 7) is 7.29. The number of unbranched alkanes of at least 4 members (excludes halogenated alkanes) is 1. The minimum absolute atomic E-state index is 0.622. The van der Waals surface area contributed by atoms with Crippen LogP contribution in [0.3, 0.4) is 0 Å². The summed E-state index contributed by atoms with van der Waals surface area (Å²) in [5.41, 5.74) is 1.98. The Bertz CT molecular complexity index is 153. The first kappa shape index (κ1) is 13.8. The number of hydrogen-bond donors (Lipinski definition) is 0. The quantitative estimate of drug-likeness (QED) is 0.586. The van der Waals surface area contributed by atoms with Crippen molar-refractivity contribution in [1.82, 2.24) is 0 Å². The van der Waals surface area contributed by atoms with Crippen molar-refractivity contribution in [3.05, 3.63) is 11.8 Å². The highest BCUT2D eigenvalue weighted by atomic mass is 28.4. The molecular weight excluding hydrogens is 196 g/mol. The summed E-state index contributed by atoms with van der Waals surface area (Å²) in [7, 11) is -0.841. The Balaban J connectivity index is 4.31. The molecule has 0 saturated heterocycles. The maximum atomic E-state index is 5.57. The van der Waals surface area contributed by atoms with E-state index in [1.165, 1.54) is 0 Å². The largest absolute Gasteiger partial charge is 0.529 e. The molecule has 3 nitrogen and oxygen atoms in total. The molecule has 0 spiro atoms. The Hall–Kier alpha value is -0.163. The van der Waals surface area contributed by atoms with Crippen molar-refractivity contribution in [3.63, 3.8) is 0 Å². The van der Waals surface area contributed by atoms with E-state index >= 15 is 0 Å². The molecule has 0 N–H and O–H groups in total. The van der Waals surface area contributed by atoms with Crippen LogP contribution in [-0.2, 0) is 13.3 Å². The zero-order valence-electron chi connectivity index (χ0n) is 9.71. The van der Waals surface area contributed by atoms with Crippen LogP contribution in [0.5, 0.6) is 0 Å². The maximum absolute atomic E-state index is 5.57. The molecule has 0 bridgehead atoms. The fraction of sp³-hybridized carbons (Fsp3) is 0.800. The van der Waals surface area contributed by atoms with Crippen molar-refractivity contribution in [2.45, 2.75) is 33.6 Å². The Morgan fingerprint density at radius 3 is 2.00 bits per heavy atom. The van der Waals surface area contributed by atoms with E-state index < -0.39 is 8.80 Å². The van der Waals surface area contributed by atoms with Crippen LogP contribution >= 0.6 is 0 Å². The third-order valence-electron chi connectivity index (χ3n) is 1.75. The highest BCUT2D eigenvalue weighted by Crippen LogP contribution is 2.11. The fourth-order valence-corrected chi connectivity index (χ4v) is 3.03. The molecular formula is C10H22O3Si. The van der Waals surface area contributed by atoms with Gasteiger partial charge in [0.2, 0.25) is 0 Å². The highest BCUT2D eigenvalue weighted by molar-refractivity contribution is 6.66. The second kappa shape index (κ2) is 8.17. The summed E-state index contributed by atoms with van der Waals surface area (Å²) in [4.78, 5) is 0. The van der Waals surface area contributed by atoms with Crippen molar-refractivity contribution >= 4 is 8.80 Å². The SMILES string of the molecule is CCCC=C[Si](OC)(OCC)OCC. The van der Waals surface area contributed by atoms with E-state index in [1.54, 1.807) is 7.11 Å². The predicted octanol–water partition coefficient (Wildman–Crippen LogP) is 2.54. The summed E-state index contributed by atoms with van der Waals surface area (Å²) in [5, 5.41) is 0. The molecule has 0 atom stereocenters. The van der Waals surface area contributed by atoms with Gasteiger partial charge in [-0.05, 0) is 26.0 Å². The van der Waals surface area contributed by atoms with Gasteiger partial charge in [-0.2, -0.15) is 0 Å². The summed E-state index contributed by atoms with van der Waals surface area (Å²) in [5.74, 6) is 0. The standard InChI is InChI=1S/C10H22O3Si/c1-5-8-9-10-14(11-4,12-6-2)13-7-3/h9-10H,5-8H2,1-4H3. The van der Waals surface area contributed by atoms with E-state index in [4.69, 9.17) is 13.3 Å². The Kier molecular flexibility index (Phi) is 8.08. The molecule has 0 amide bonds. The predicted molar refractivity (Wildman–Crippen MR) is 60.1 cm³/mol. The second-order valence-corrected chi connectivity index (χ2v) is 5.39. The zero-order valence-corrected chi connectivity index (χ0v) is 10.7. The van der Waals surface area contributed by atoms with Crippen LogP contribution in [0.2, 0.25) is 0 Å². The first-order valence-corrected chi connectivity index (χ1v) is 7.05. The molecule has 0 aromatic heterocycles. The zero-order chi connectivity index (χ0) is 10.9. The lowest BCUT2D eigenvalue weighted by molar-refractivity contribution is 0.100. The van der Waals surface area contributed by atoms with Crippen LogP contribution in [-0.4, -0.2) is 29.1 Å². The average Bonchev–Trinajstić information content (AvgIpc) is 2.19. The molecule has 0 heterocycles. The molecule has 0 aliphatic rings. The van der Waals surface area contributed by atoms with Crippen LogP contribution in [0.4, 0.5) is 0 Å². The lowest BCUT2D eigenvalue weighted by Crippen LogP contribution is -2.43. The van der Waals surface area contributed by atoms with Gasteiger partial charge in [0, 0.05) is 20.3 Å². The third-order valence-corrected chi connectivity index (χ3v) is 4.35. The minimum Gasteiger partial charge on any atom is -0.374 e. The Morgan fingerprint density at radius 1 is 1.07 bits per heavy atom. The molecule has 0 aliphatic heterocycles. The average molecular weight is 218 g/mol. The smallest absolute Gasteiger partial charge is 0.374 e. The van der Waals surface area contributed by atoms with E-state index in [0.29, 0.717) is 13.2 Å². The fourth-order valence-electron chi connectivity index (χ4n) is 1.12. The Morgan fingerprint density at radius 2 is 1.64 bits per heavy atom. The van der Waals surface area contributed by atoms with Crippen molar-refractivity contribution in [2.24, 2.45) is 0 Å². The van der Waals surface area contributed by atoms with Gasteiger partial charge in [0.15, 0.2) is 0 Å². The Labute approximate surface area is 88.4 Å². The van der Waals surface area contributed by atoms with Gasteiger partial charge in [-0.3, -0.25) is 0 Å². The van der Waals surface area contributed by atoms with Crippen molar-refractivity contribution in [1.29, 1.82) is 0 Å². The van der Waals surface area contributed by atoms with Gasteiger partial charge in [-0.1, -0.05) is 19.4 Å². The molecule has 0 aromatic carbocycles. The molecule has 0 rings (SSSR count). The van der Waals surface area contributed by atoms with Gasteiger partial charge >= 0.3 is 8.80 Å². The van der Waals surface area contributed by atoms with Gasteiger partial charge in [-0.15, -0.1) is 0 Å². The topological polar surface area (TPSA) is 27.7 Å². The maximum Gasteiger partial charge on any atom is 0.529 e. The highest BCUT2D eigenvalue weighted by Gasteiger charge is 2.36. The van der Waals surface area contributed by atoms with E-state index in [-0.39, 0.29) is 0 Å². The third kappa shape index (κ3) is 4.90. The van der Waals surface area contributed by atoms with E-state index in [2.05, 4.69) is 13.0 Å². The number of rotatable bonds is 8. The van der Waals surface area contributed by atoms with Gasteiger partial charge in [-0.25, -0.2) is 0 Å². The number of hydrogen-bond acceptors (Lipinski definition) is 3. The molecule has 14 heavy (non-hydrogen) atoms. The molecule has 84 valence electrons. The lowest BCUT2D eigenvalue weighted by Gasteiger charge is -2.23. The van der Waals surface area contributed by atoms with Gasteiger partial charge in [0.1, 0.15) is 0 Å². The normalized spacial score (nSPS) is 12.6. The minimum atomic E-state index is -2.49. The number of allylic oxidation sites excluding steroid dienone is 1. The van der Waals surface area contributed by atoms with Crippen LogP contribution in [0, 0.1) is 0 Å². The van der Waals surface area contributed by atoms with Crippen molar-refractivity contribution in [3.8, 4) is 0 Å². The van der Waals surface area contributed by atoms with E-state index in [9.17, 15) is 0 Å².